The number of thioether (sulfide) groups is 1. The molecule has 0 bridgehead atoms. The van der Waals surface area contributed by atoms with E-state index in [4.69, 9.17) is 0 Å². The van der Waals surface area contributed by atoms with Gasteiger partial charge in [0.15, 0.2) is 5.96 Å². The quantitative estimate of drug-likeness (QED) is 0.345. The number of aliphatic imine (C=N–C) groups is 1. The molecule has 0 radical (unpaired) electrons. The van der Waals surface area contributed by atoms with Crippen molar-refractivity contribution in [3.8, 4) is 0 Å². The zero-order valence-electron chi connectivity index (χ0n) is 16.1. The summed E-state index contributed by atoms with van der Waals surface area (Å²) in [5.74, 6) is 1.20. The molecule has 1 saturated heterocycles. The van der Waals surface area contributed by atoms with Gasteiger partial charge in [-0.15, -0.1) is 11.8 Å². The lowest BCUT2D eigenvalue weighted by molar-refractivity contribution is -0.120. The first-order valence-electron chi connectivity index (χ1n) is 9.28. The monoisotopic (exact) mass is 404 g/mol. The lowest BCUT2D eigenvalue weighted by Gasteiger charge is -2.35. The summed E-state index contributed by atoms with van der Waals surface area (Å²) in [6.45, 7) is 4.79. The topological polar surface area (TPSA) is 65.8 Å². The van der Waals surface area contributed by atoms with Gasteiger partial charge >= 0.3 is 0 Å². The zero-order valence-corrected chi connectivity index (χ0v) is 17.0. The number of piperazine rings is 1. The Labute approximate surface area is 168 Å². The summed E-state index contributed by atoms with van der Waals surface area (Å²) < 4.78 is 15.4. The molecule has 1 aromatic carbocycles. The fourth-order valence-electron chi connectivity index (χ4n) is 2.97. The predicted octanol–water partition coefficient (Wildman–Crippen LogP) is 1.97. The van der Waals surface area contributed by atoms with Crippen molar-refractivity contribution < 1.29 is 9.18 Å². The van der Waals surface area contributed by atoms with Crippen LogP contribution in [0.5, 0.6) is 0 Å². The van der Waals surface area contributed by atoms with Gasteiger partial charge in [0.2, 0.25) is 5.91 Å². The van der Waals surface area contributed by atoms with Gasteiger partial charge in [0.05, 0.1) is 18.4 Å². The van der Waals surface area contributed by atoms with Gasteiger partial charge in [0.1, 0.15) is 12.4 Å². The molecule has 3 rings (SSSR count). The average Bonchev–Trinajstić information content (AvgIpc) is 3.11. The number of carbonyl (C=O) groups is 1. The summed E-state index contributed by atoms with van der Waals surface area (Å²) in [7, 11) is 1.83. The molecule has 150 valence electrons. The Balaban J connectivity index is 1.57. The molecule has 2 heterocycles. The third-order valence-electron chi connectivity index (χ3n) is 4.31. The normalized spacial score (nSPS) is 15.2. The van der Waals surface area contributed by atoms with Gasteiger partial charge in [-0.3, -0.25) is 14.5 Å². The summed E-state index contributed by atoms with van der Waals surface area (Å²) in [5.41, 5.74) is 0.815. The van der Waals surface area contributed by atoms with E-state index in [1.165, 1.54) is 17.8 Å². The van der Waals surface area contributed by atoms with E-state index in [0.29, 0.717) is 30.3 Å². The Bertz CT molecular complexity index is 839. The van der Waals surface area contributed by atoms with Crippen molar-refractivity contribution in [3.63, 3.8) is 0 Å². The fourth-order valence-corrected chi connectivity index (χ4v) is 3.75. The first-order chi connectivity index (χ1) is 13.6. The second-order valence-corrected chi connectivity index (χ2v) is 7.49. The summed E-state index contributed by atoms with van der Waals surface area (Å²) >= 11 is 1.44. The molecule has 1 aliphatic heterocycles. The molecule has 1 fully saturated rings. The number of nitrogens with zero attached hydrogens (tertiary/aromatic N) is 5. The standard InChI is InChI=1S/C19H25FN6OS/c1-3-21-19(22-8-11-28-17-7-5-4-6-16(17)20)25-9-10-26(18(27)14-25)15-12-23-24(2)13-15/h4-7,12-13H,3,8-11,14H2,1-2H3,(H,21,22). The number of aryl methyl sites for hydroxylation is 1. The van der Waals surface area contributed by atoms with Crippen LogP contribution in [0.15, 0.2) is 46.5 Å². The number of guanidine groups is 1. The van der Waals surface area contributed by atoms with E-state index in [0.717, 1.165) is 18.2 Å². The van der Waals surface area contributed by atoms with Crippen molar-refractivity contribution in [3.05, 3.63) is 42.5 Å². The van der Waals surface area contributed by atoms with Crippen LogP contribution in [0.4, 0.5) is 10.1 Å². The molecular formula is C19H25FN6OS. The molecule has 0 spiro atoms. The summed E-state index contributed by atoms with van der Waals surface area (Å²) in [4.78, 5) is 21.6. The van der Waals surface area contributed by atoms with Crippen molar-refractivity contribution in [1.29, 1.82) is 0 Å². The maximum absolute atomic E-state index is 13.7. The van der Waals surface area contributed by atoms with Gasteiger partial charge in [-0.2, -0.15) is 5.10 Å². The van der Waals surface area contributed by atoms with E-state index in [1.54, 1.807) is 27.9 Å². The van der Waals surface area contributed by atoms with Gasteiger partial charge in [0.25, 0.3) is 0 Å². The minimum absolute atomic E-state index is 0.0191. The number of amides is 1. The summed E-state index contributed by atoms with van der Waals surface area (Å²) in [5, 5.41) is 7.38. The molecule has 1 aliphatic rings. The summed E-state index contributed by atoms with van der Waals surface area (Å²) in [6.07, 6.45) is 3.54. The highest BCUT2D eigenvalue weighted by molar-refractivity contribution is 7.99. The van der Waals surface area contributed by atoms with Crippen LogP contribution in [0.1, 0.15) is 6.92 Å². The molecule has 1 aromatic heterocycles. The van der Waals surface area contributed by atoms with Crippen molar-refractivity contribution in [2.75, 3.05) is 43.4 Å². The molecule has 1 N–H and O–H groups in total. The highest BCUT2D eigenvalue weighted by atomic mass is 32.2. The minimum Gasteiger partial charge on any atom is -0.357 e. The zero-order chi connectivity index (χ0) is 19.9. The maximum atomic E-state index is 13.7. The van der Waals surface area contributed by atoms with E-state index in [1.807, 2.05) is 31.1 Å². The molecular weight excluding hydrogens is 379 g/mol. The summed E-state index contributed by atoms with van der Waals surface area (Å²) in [6, 6.07) is 6.74. The Morgan fingerprint density at radius 2 is 2.18 bits per heavy atom. The van der Waals surface area contributed by atoms with Crippen LogP contribution in [0.2, 0.25) is 0 Å². The van der Waals surface area contributed by atoms with Crippen molar-refractivity contribution in [1.82, 2.24) is 20.0 Å². The number of aromatic nitrogens is 2. The van der Waals surface area contributed by atoms with E-state index < -0.39 is 0 Å². The molecule has 7 nitrogen and oxygen atoms in total. The van der Waals surface area contributed by atoms with E-state index in [2.05, 4.69) is 15.4 Å². The molecule has 1 amide bonds. The van der Waals surface area contributed by atoms with Gasteiger partial charge < -0.3 is 15.1 Å². The van der Waals surface area contributed by atoms with Gasteiger partial charge in [0, 0.05) is 43.5 Å². The fraction of sp³-hybridized carbons (Fsp3) is 0.421. The van der Waals surface area contributed by atoms with Crippen molar-refractivity contribution in [2.24, 2.45) is 12.0 Å². The van der Waals surface area contributed by atoms with Crippen LogP contribution < -0.4 is 10.2 Å². The molecule has 9 heteroatoms. The number of benzene rings is 1. The molecule has 28 heavy (non-hydrogen) atoms. The highest BCUT2D eigenvalue weighted by Gasteiger charge is 2.27. The van der Waals surface area contributed by atoms with Crippen LogP contribution >= 0.6 is 11.8 Å². The Morgan fingerprint density at radius 3 is 2.86 bits per heavy atom. The molecule has 0 aliphatic carbocycles. The highest BCUT2D eigenvalue weighted by Crippen LogP contribution is 2.21. The molecule has 0 saturated carbocycles. The van der Waals surface area contributed by atoms with Crippen molar-refractivity contribution >= 4 is 29.3 Å². The van der Waals surface area contributed by atoms with Gasteiger partial charge in [-0.25, -0.2) is 4.39 Å². The van der Waals surface area contributed by atoms with Crippen LogP contribution in [-0.4, -0.2) is 65.0 Å². The van der Waals surface area contributed by atoms with Crippen LogP contribution in [0.25, 0.3) is 0 Å². The van der Waals surface area contributed by atoms with Gasteiger partial charge in [-0.1, -0.05) is 12.1 Å². The number of hydrogen-bond acceptors (Lipinski definition) is 4. The third kappa shape index (κ3) is 5.03. The smallest absolute Gasteiger partial charge is 0.246 e. The van der Waals surface area contributed by atoms with Crippen LogP contribution in [-0.2, 0) is 11.8 Å². The first-order valence-corrected chi connectivity index (χ1v) is 10.3. The Kier molecular flexibility index (Phi) is 6.91. The Hall–Kier alpha value is -2.55. The van der Waals surface area contributed by atoms with Crippen LogP contribution in [0.3, 0.4) is 0 Å². The predicted molar refractivity (Wildman–Crippen MR) is 110 cm³/mol. The second-order valence-electron chi connectivity index (χ2n) is 6.35. The second kappa shape index (κ2) is 9.59. The van der Waals surface area contributed by atoms with E-state index >= 15 is 0 Å². The maximum Gasteiger partial charge on any atom is 0.246 e. The minimum atomic E-state index is -0.208. The number of halogens is 1. The number of nitrogens with one attached hydrogen (secondary N) is 1. The number of rotatable bonds is 6. The van der Waals surface area contributed by atoms with E-state index in [9.17, 15) is 9.18 Å². The largest absolute Gasteiger partial charge is 0.357 e. The first kappa shape index (κ1) is 20.2. The van der Waals surface area contributed by atoms with Gasteiger partial charge in [-0.05, 0) is 19.1 Å². The lowest BCUT2D eigenvalue weighted by atomic mass is 10.3. The molecule has 0 atom stereocenters. The SMILES string of the molecule is CCNC(=NCCSc1ccccc1F)N1CCN(c2cnn(C)c2)C(=O)C1. The Morgan fingerprint density at radius 1 is 1.36 bits per heavy atom. The lowest BCUT2D eigenvalue weighted by Crippen LogP contribution is -2.55. The van der Waals surface area contributed by atoms with Crippen molar-refractivity contribution in [2.45, 2.75) is 11.8 Å². The van der Waals surface area contributed by atoms with Crippen LogP contribution in [0, 0.1) is 5.82 Å². The average molecular weight is 405 g/mol. The number of anilines is 1. The molecule has 0 unspecified atom stereocenters. The van der Waals surface area contributed by atoms with E-state index in [-0.39, 0.29) is 18.3 Å². The number of hydrogen-bond donors (Lipinski definition) is 1. The molecule has 2 aromatic rings. The number of carbonyl (C=O) groups excluding carboxylic acids is 1. The third-order valence-corrected chi connectivity index (χ3v) is 5.33.